The molecule has 100 valence electrons. The summed E-state index contributed by atoms with van der Waals surface area (Å²) in [6.07, 6.45) is -5.85. The fourth-order valence-electron chi connectivity index (χ4n) is 1.86. The van der Waals surface area contributed by atoms with Gasteiger partial charge in [0, 0.05) is 6.54 Å². The first-order valence-corrected chi connectivity index (χ1v) is 5.26. The molecule has 0 aliphatic rings. The van der Waals surface area contributed by atoms with Crippen LogP contribution in [0, 0.1) is 0 Å². The number of ether oxygens (including phenoxy) is 1. The van der Waals surface area contributed by atoms with E-state index >= 15 is 0 Å². The SMILES string of the molecule is COC(=O)C(CN)(CC(F)(F)F)c1ccccc1. The van der Waals surface area contributed by atoms with Crippen molar-refractivity contribution in [2.75, 3.05) is 13.7 Å². The molecule has 0 bridgehead atoms. The van der Waals surface area contributed by atoms with Crippen LogP contribution in [0.5, 0.6) is 0 Å². The van der Waals surface area contributed by atoms with Gasteiger partial charge in [0.1, 0.15) is 5.41 Å². The smallest absolute Gasteiger partial charge is 0.390 e. The van der Waals surface area contributed by atoms with Crippen LogP contribution in [0.2, 0.25) is 0 Å². The Kier molecular flexibility index (Phi) is 4.34. The minimum absolute atomic E-state index is 0.205. The molecular weight excluding hydrogens is 247 g/mol. The number of halogens is 3. The monoisotopic (exact) mass is 261 g/mol. The number of nitrogens with two attached hydrogens (primary N) is 1. The Morgan fingerprint density at radius 1 is 1.28 bits per heavy atom. The second kappa shape index (κ2) is 5.39. The lowest BCUT2D eigenvalue weighted by Crippen LogP contribution is -2.47. The summed E-state index contributed by atoms with van der Waals surface area (Å²) < 4.78 is 42.5. The normalized spacial score (nSPS) is 14.9. The number of carbonyl (C=O) groups excluding carboxylic acids is 1. The van der Waals surface area contributed by atoms with E-state index in [0.717, 1.165) is 7.11 Å². The van der Waals surface area contributed by atoms with Gasteiger partial charge in [-0.1, -0.05) is 30.3 Å². The lowest BCUT2D eigenvalue weighted by atomic mass is 9.77. The van der Waals surface area contributed by atoms with Gasteiger partial charge >= 0.3 is 12.1 Å². The van der Waals surface area contributed by atoms with E-state index in [2.05, 4.69) is 4.74 Å². The summed E-state index contributed by atoms with van der Waals surface area (Å²) >= 11 is 0. The molecule has 0 saturated carbocycles. The van der Waals surface area contributed by atoms with Gasteiger partial charge in [0.15, 0.2) is 0 Å². The van der Waals surface area contributed by atoms with Crippen LogP contribution in [0.25, 0.3) is 0 Å². The molecule has 1 aromatic rings. The van der Waals surface area contributed by atoms with Gasteiger partial charge in [0.25, 0.3) is 0 Å². The molecule has 0 aromatic heterocycles. The van der Waals surface area contributed by atoms with Gasteiger partial charge in [-0.2, -0.15) is 13.2 Å². The van der Waals surface area contributed by atoms with E-state index in [4.69, 9.17) is 5.73 Å². The van der Waals surface area contributed by atoms with Crippen LogP contribution in [0.3, 0.4) is 0 Å². The molecule has 3 nitrogen and oxygen atoms in total. The highest BCUT2D eigenvalue weighted by Gasteiger charge is 2.49. The standard InChI is InChI=1S/C12H14F3NO2/c1-18-10(17)11(8-16,7-12(13,14)15)9-5-3-2-4-6-9/h2-6H,7-8,16H2,1H3. The Morgan fingerprint density at radius 2 is 1.83 bits per heavy atom. The Hall–Kier alpha value is -1.56. The highest BCUT2D eigenvalue weighted by molar-refractivity contribution is 5.83. The molecule has 0 spiro atoms. The third-order valence-corrected chi connectivity index (χ3v) is 2.75. The van der Waals surface area contributed by atoms with E-state index in [0.29, 0.717) is 0 Å². The van der Waals surface area contributed by atoms with E-state index in [1.54, 1.807) is 18.2 Å². The Bertz CT molecular complexity index is 406. The van der Waals surface area contributed by atoms with Crippen molar-refractivity contribution in [2.24, 2.45) is 5.73 Å². The molecule has 0 aliphatic carbocycles. The predicted molar refractivity (Wildman–Crippen MR) is 59.9 cm³/mol. The third kappa shape index (κ3) is 3.01. The number of alkyl halides is 3. The number of methoxy groups -OCH3 is 1. The highest BCUT2D eigenvalue weighted by atomic mass is 19.4. The quantitative estimate of drug-likeness (QED) is 0.843. The van der Waals surface area contributed by atoms with Crippen LogP contribution < -0.4 is 5.73 Å². The van der Waals surface area contributed by atoms with Crippen molar-refractivity contribution in [1.29, 1.82) is 0 Å². The minimum Gasteiger partial charge on any atom is -0.468 e. The molecule has 6 heteroatoms. The molecule has 1 unspecified atom stereocenters. The summed E-state index contributed by atoms with van der Waals surface area (Å²) in [5.41, 5.74) is 3.75. The van der Waals surface area contributed by atoms with E-state index in [1.165, 1.54) is 12.1 Å². The van der Waals surface area contributed by atoms with Crippen LogP contribution >= 0.6 is 0 Å². The number of hydrogen-bond donors (Lipinski definition) is 1. The maximum absolute atomic E-state index is 12.7. The molecule has 2 N–H and O–H groups in total. The van der Waals surface area contributed by atoms with Crippen LogP contribution in [0.4, 0.5) is 13.2 Å². The van der Waals surface area contributed by atoms with Crippen molar-refractivity contribution in [3.8, 4) is 0 Å². The highest BCUT2D eigenvalue weighted by Crippen LogP contribution is 2.37. The topological polar surface area (TPSA) is 52.3 Å². The Balaban J connectivity index is 3.27. The Morgan fingerprint density at radius 3 is 2.22 bits per heavy atom. The zero-order valence-electron chi connectivity index (χ0n) is 9.83. The number of esters is 1. The van der Waals surface area contributed by atoms with Crippen molar-refractivity contribution >= 4 is 5.97 Å². The van der Waals surface area contributed by atoms with Gasteiger partial charge in [0.2, 0.25) is 0 Å². The number of benzene rings is 1. The third-order valence-electron chi connectivity index (χ3n) is 2.75. The molecule has 0 aliphatic heterocycles. The van der Waals surface area contributed by atoms with Crippen LogP contribution in [0.15, 0.2) is 30.3 Å². The van der Waals surface area contributed by atoms with Gasteiger partial charge in [-0.3, -0.25) is 4.79 Å². The fraction of sp³-hybridized carbons (Fsp3) is 0.417. The van der Waals surface area contributed by atoms with E-state index in [1.807, 2.05) is 0 Å². The summed E-state index contributed by atoms with van der Waals surface area (Å²) in [4.78, 5) is 11.7. The molecule has 0 radical (unpaired) electrons. The van der Waals surface area contributed by atoms with Crippen LogP contribution in [-0.4, -0.2) is 25.8 Å². The first-order chi connectivity index (χ1) is 8.35. The Labute approximate surface area is 103 Å². The number of rotatable bonds is 4. The van der Waals surface area contributed by atoms with Gasteiger partial charge in [-0.15, -0.1) is 0 Å². The molecule has 0 fully saturated rings. The van der Waals surface area contributed by atoms with Crippen molar-refractivity contribution in [1.82, 2.24) is 0 Å². The minimum atomic E-state index is -4.51. The maximum Gasteiger partial charge on any atom is 0.390 e. The summed E-state index contributed by atoms with van der Waals surface area (Å²) in [5.74, 6) is -0.978. The molecule has 1 atom stereocenters. The molecule has 0 saturated heterocycles. The molecule has 0 heterocycles. The van der Waals surface area contributed by atoms with E-state index < -0.39 is 30.5 Å². The van der Waals surface area contributed by atoms with Crippen molar-refractivity contribution in [3.05, 3.63) is 35.9 Å². The zero-order chi connectivity index (χ0) is 13.8. The van der Waals surface area contributed by atoms with E-state index in [-0.39, 0.29) is 5.56 Å². The first kappa shape index (κ1) is 14.5. The lowest BCUT2D eigenvalue weighted by Gasteiger charge is -2.30. The van der Waals surface area contributed by atoms with Gasteiger partial charge in [0.05, 0.1) is 13.5 Å². The van der Waals surface area contributed by atoms with Crippen molar-refractivity contribution in [3.63, 3.8) is 0 Å². The average Bonchev–Trinajstić information content (AvgIpc) is 2.35. The summed E-state index contributed by atoms with van der Waals surface area (Å²) in [6.45, 7) is -0.469. The van der Waals surface area contributed by atoms with Crippen LogP contribution in [0.1, 0.15) is 12.0 Å². The molecular formula is C12H14F3NO2. The average molecular weight is 261 g/mol. The number of carbonyl (C=O) groups is 1. The van der Waals surface area contributed by atoms with Crippen molar-refractivity contribution in [2.45, 2.75) is 18.0 Å². The molecule has 1 aromatic carbocycles. The largest absolute Gasteiger partial charge is 0.468 e. The summed E-state index contributed by atoms with van der Waals surface area (Å²) in [6, 6.07) is 7.64. The zero-order valence-corrected chi connectivity index (χ0v) is 9.83. The maximum atomic E-state index is 12.7. The second-order valence-corrected chi connectivity index (χ2v) is 3.94. The van der Waals surface area contributed by atoms with Gasteiger partial charge in [-0.25, -0.2) is 0 Å². The first-order valence-electron chi connectivity index (χ1n) is 5.26. The molecule has 0 amide bonds. The summed E-state index contributed by atoms with van der Waals surface area (Å²) in [7, 11) is 1.05. The second-order valence-electron chi connectivity index (χ2n) is 3.94. The van der Waals surface area contributed by atoms with Gasteiger partial charge < -0.3 is 10.5 Å². The molecule has 18 heavy (non-hydrogen) atoms. The lowest BCUT2D eigenvalue weighted by molar-refractivity contribution is -0.169. The molecule has 1 rings (SSSR count). The fourth-order valence-corrected chi connectivity index (χ4v) is 1.86. The predicted octanol–water partition coefficient (Wildman–Crippen LogP) is 2.01. The summed E-state index contributed by atoms with van der Waals surface area (Å²) in [5, 5.41) is 0. The van der Waals surface area contributed by atoms with E-state index in [9.17, 15) is 18.0 Å². The van der Waals surface area contributed by atoms with Gasteiger partial charge in [-0.05, 0) is 5.56 Å². The number of hydrogen-bond acceptors (Lipinski definition) is 3. The van der Waals surface area contributed by atoms with Crippen LogP contribution in [-0.2, 0) is 14.9 Å². The van der Waals surface area contributed by atoms with Crippen molar-refractivity contribution < 1.29 is 22.7 Å².